The van der Waals surface area contributed by atoms with Crippen molar-refractivity contribution >= 4 is 23.2 Å². The largest absolute Gasteiger partial charge is 0.381 e. The molecule has 2 aromatic rings. The van der Waals surface area contributed by atoms with Crippen LogP contribution in [0.4, 0.5) is 5.69 Å². The van der Waals surface area contributed by atoms with Gasteiger partial charge < -0.3 is 10.6 Å². The molecule has 2 N–H and O–H groups in total. The van der Waals surface area contributed by atoms with Crippen LogP contribution in [-0.2, 0) is 6.42 Å². The summed E-state index contributed by atoms with van der Waals surface area (Å²) in [7, 11) is 0. The molecule has 0 atom stereocenters. The van der Waals surface area contributed by atoms with Gasteiger partial charge in [-0.2, -0.15) is 0 Å². The molecule has 1 heterocycles. The van der Waals surface area contributed by atoms with Crippen molar-refractivity contribution in [1.82, 2.24) is 10.3 Å². The van der Waals surface area contributed by atoms with Crippen LogP contribution in [0.2, 0.25) is 5.02 Å². The van der Waals surface area contributed by atoms with Gasteiger partial charge in [0, 0.05) is 17.6 Å². The number of anilines is 1. The van der Waals surface area contributed by atoms with Gasteiger partial charge in [-0.15, -0.1) is 0 Å². The molecule has 0 aliphatic heterocycles. The Bertz CT molecular complexity index is 664. The van der Waals surface area contributed by atoms with E-state index in [1.807, 2.05) is 30.3 Å². The topological polar surface area (TPSA) is 54.0 Å². The molecule has 1 fully saturated rings. The van der Waals surface area contributed by atoms with Gasteiger partial charge >= 0.3 is 0 Å². The quantitative estimate of drug-likeness (QED) is 0.831. The number of halogens is 1. The molecule has 1 aromatic heterocycles. The smallest absolute Gasteiger partial charge is 0.269 e. The summed E-state index contributed by atoms with van der Waals surface area (Å²) in [6.07, 6.45) is 7.52. The molecular weight excluding hydrogens is 322 g/mol. The molecule has 24 heavy (non-hydrogen) atoms. The molecule has 4 nitrogen and oxygen atoms in total. The molecule has 126 valence electrons. The van der Waals surface area contributed by atoms with E-state index in [0.29, 0.717) is 18.3 Å². The minimum atomic E-state index is -0.142. The lowest BCUT2D eigenvalue weighted by Gasteiger charge is -2.13. The van der Waals surface area contributed by atoms with Crippen molar-refractivity contribution in [2.45, 2.75) is 38.1 Å². The number of pyridine rings is 1. The van der Waals surface area contributed by atoms with Crippen molar-refractivity contribution in [3.05, 3.63) is 58.9 Å². The Morgan fingerprint density at radius 1 is 1.12 bits per heavy atom. The van der Waals surface area contributed by atoms with Crippen LogP contribution in [-0.4, -0.2) is 23.5 Å². The molecule has 1 aromatic carbocycles. The second-order valence-electron chi connectivity index (χ2n) is 6.19. The number of rotatable bonds is 6. The highest BCUT2D eigenvalue weighted by atomic mass is 35.5. The third-order valence-electron chi connectivity index (χ3n) is 4.33. The summed E-state index contributed by atoms with van der Waals surface area (Å²) in [4.78, 5) is 16.4. The maximum absolute atomic E-state index is 12.1. The third-order valence-corrected chi connectivity index (χ3v) is 4.59. The average molecular weight is 344 g/mol. The van der Waals surface area contributed by atoms with Gasteiger partial charge in [-0.1, -0.05) is 36.6 Å². The third kappa shape index (κ3) is 4.71. The number of carbonyl (C=O) groups is 1. The lowest BCUT2D eigenvalue weighted by atomic mass is 10.1. The van der Waals surface area contributed by atoms with E-state index in [-0.39, 0.29) is 5.91 Å². The summed E-state index contributed by atoms with van der Waals surface area (Å²) in [6.45, 7) is 0.574. The van der Waals surface area contributed by atoms with Gasteiger partial charge in [0.05, 0.1) is 11.9 Å². The highest BCUT2D eigenvalue weighted by Crippen LogP contribution is 2.21. The van der Waals surface area contributed by atoms with Crippen LogP contribution >= 0.6 is 11.6 Å². The molecule has 0 radical (unpaired) electrons. The predicted octanol–water partition coefficient (Wildman–Crippen LogP) is 4.06. The molecule has 1 saturated carbocycles. The number of nitrogens with one attached hydrogen (secondary N) is 2. The van der Waals surface area contributed by atoms with E-state index >= 15 is 0 Å². The van der Waals surface area contributed by atoms with E-state index in [2.05, 4.69) is 15.6 Å². The molecule has 0 unspecified atom stereocenters. The second kappa shape index (κ2) is 8.15. The molecular formula is C19H22ClN3O. The van der Waals surface area contributed by atoms with Crippen LogP contribution in [0.15, 0.2) is 42.6 Å². The average Bonchev–Trinajstić information content (AvgIpc) is 3.10. The Balaban J connectivity index is 1.46. The first kappa shape index (κ1) is 16.8. The van der Waals surface area contributed by atoms with Crippen LogP contribution < -0.4 is 10.6 Å². The zero-order valence-electron chi connectivity index (χ0n) is 13.6. The van der Waals surface area contributed by atoms with Gasteiger partial charge in [-0.3, -0.25) is 4.79 Å². The number of nitrogens with zero attached hydrogens (tertiary/aromatic N) is 1. The Kier molecular flexibility index (Phi) is 5.70. The van der Waals surface area contributed by atoms with Gasteiger partial charge in [0.15, 0.2) is 0 Å². The van der Waals surface area contributed by atoms with Crippen molar-refractivity contribution in [3.8, 4) is 0 Å². The van der Waals surface area contributed by atoms with Gasteiger partial charge in [-0.25, -0.2) is 4.98 Å². The minimum absolute atomic E-state index is 0.142. The summed E-state index contributed by atoms with van der Waals surface area (Å²) in [5.41, 5.74) is 2.58. The lowest BCUT2D eigenvalue weighted by Crippen LogP contribution is -2.26. The molecule has 0 saturated heterocycles. The summed E-state index contributed by atoms with van der Waals surface area (Å²) in [5, 5.41) is 7.09. The Morgan fingerprint density at radius 3 is 2.54 bits per heavy atom. The SMILES string of the molecule is O=C(NCCc1ccc(Cl)cc1)c1ccc(NC2CCCC2)cn1. The number of amides is 1. The number of benzene rings is 1. The fourth-order valence-corrected chi connectivity index (χ4v) is 3.11. The first-order valence-electron chi connectivity index (χ1n) is 8.46. The van der Waals surface area contributed by atoms with Gasteiger partial charge in [-0.05, 0) is 49.1 Å². The van der Waals surface area contributed by atoms with Gasteiger partial charge in [0.25, 0.3) is 5.91 Å². The molecule has 1 amide bonds. The number of hydrogen-bond donors (Lipinski definition) is 2. The van der Waals surface area contributed by atoms with Gasteiger partial charge in [0.2, 0.25) is 0 Å². The lowest BCUT2D eigenvalue weighted by molar-refractivity contribution is 0.0949. The Labute approximate surface area is 147 Å². The Hall–Kier alpha value is -2.07. The van der Waals surface area contributed by atoms with Crippen LogP contribution in [0, 0.1) is 0 Å². The van der Waals surface area contributed by atoms with Crippen LogP contribution in [0.5, 0.6) is 0 Å². The normalized spacial score (nSPS) is 14.5. The maximum Gasteiger partial charge on any atom is 0.269 e. The maximum atomic E-state index is 12.1. The summed E-state index contributed by atoms with van der Waals surface area (Å²) < 4.78 is 0. The second-order valence-corrected chi connectivity index (χ2v) is 6.63. The van der Waals surface area contributed by atoms with Crippen molar-refractivity contribution in [2.24, 2.45) is 0 Å². The Morgan fingerprint density at radius 2 is 1.88 bits per heavy atom. The van der Waals surface area contributed by atoms with Crippen LogP contribution in [0.3, 0.4) is 0 Å². The minimum Gasteiger partial charge on any atom is -0.381 e. The highest BCUT2D eigenvalue weighted by molar-refractivity contribution is 6.30. The number of aromatic nitrogens is 1. The highest BCUT2D eigenvalue weighted by Gasteiger charge is 2.14. The van der Waals surface area contributed by atoms with Crippen LogP contribution in [0.25, 0.3) is 0 Å². The fraction of sp³-hybridized carbons (Fsp3) is 0.368. The fourth-order valence-electron chi connectivity index (χ4n) is 2.98. The van der Waals surface area contributed by atoms with E-state index in [4.69, 9.17) is 11.6 Å². The van der Waals surface area contributed by atoms with Crippen molar-refractivity contribution in [1.29, 1.82) is 0 Å². The van der Waals surface area contributed by atoms with Crippen molar-refractivity contribution in [2.75, 3.05) is 11.9 Å². The zero-order valence-corrected chi connectivity index (χ0v) is 14.4. The van der Waals surface area contributed by atoms with E-state index in [0.717, 1.165) is 22.7 Å². The zero-order chi connectivity index (χ0) is 16.8. The number of carbonyl (C=O) groups excluding carboxylic acids is 1. The first-order chi connectivity index (χ1) is 11.7. The van der Waals surface area contributed by atoms with Crippen LogP contribution in [0.1, 0.15) is 41.7 Å². The van der Waals surface area contributed by atoms with E-state index < -0.39 is 0 Å². The van der Waals surface area contributed by atoms with Crippen molar-refractivity contribution < 1.29 is 4.79 Å². The monoisotopic (exact) mass is 343 g/mol. The molecule has 3 rings (SSSR count). The molecule has 0 bridgehead atoms. The van der Waals surface area contributed by atoms with Gasteiger partial charge in [0.1, 0.15) is 5.69 Å². The summed E-state index contributed by atoms with van der Waals surface area (Å²) in [5.74, 6) is -0.142. The molecule has 1 aliphatic rings. The first-order valence-corrected chi connectivity index (χ1v) is 8.84. The molecule has 0 spiro atoms. The molecule has 5 heteroatoms. The standard InChI is InChI=1S/C19H22ClN3O/c20-15-7-5-14(6-8-15)11-12-21-19(24)18-10-9-17(13-22-18)23-16-3-1-2-4-16/h5-10,13,16,23H,1-4,11-12H2,(H,21,24). The summed E-state index contributed by atoms with van der Waals surface area (Å²) >= 11 is 5.86. The van der Waals surface area contributed by atoms with Crippen molar-refractivity contribution in [3.63, 3.8) is 0 Å². The van der Waals surface area contributed by atoms with E-state index in [1.165, 1.54) is 25.7 Å². The number of hydrogen-bond acceptors (Lipinski definition) is 3. The van der Waals surface area contributed by atoms with E-state index in [1.54, 1.807) is 12.3 Å². The van der Waals surface area contributed by atoms with E-state index in [9.17, 15) is 4.79 Å². The molecule has 1 aliphatic carbocycles. The summed E-state index contributed by atoms with van der Waals surface area (Å²) in [6, 6.07) is 11.9. The predicted molar refractivity (Wildman–Crippen MR) is 97.6 cm³/mol.